The fraction of sp³-hybridized carbons (Fsp3) is 0.308. The summed E-state index contributed by atoms with van der Waals surface area (Å²) in [7, 11) is 0. The van der Waals surface area contributed by atoms with Gasteiger partial charge >= 0.3 is 5.97 Å². The van der Waals surface area contributed by atoms with Crippen molar-refractivity contribution in [2.75, 3.05) is 5.75 Å². The summed E-state index contributed by atoms with van der Waals surface area (Å²) in [6, 6.07) is 4.47. The highest BCUT2D eigenvalue weighted by Gasteiger charge is 2.56. The molecule has 2 aliphatic rings. The number of nitro groups is 1. The second-order valence-corrected chi connectivity index (χ2v) is 6.04. The number of carbonyl (C=O) groups is 2. The SMILES string of the molecule is O=C(O)C1CSC2C(N=Cc3ccc([N+](=O)[O-])cc3)C(=O)N12. The second-order valence-electron chi connectivity index (χ2n) is 4.90. The fourth-order valence-electron chi connectivity index (χ4n) is 2.42. The lowest BCUT2D eigenvalue weighted by Gasteiger charge is -2.41. The van der Waals surface area contributed by atoms with Crippen LogP contribution in [0.15, 0.2) is 29.3 Å². The Bertz CT molecular complexity index is 675. The summed E-state index contributed by atoms with van der Waals surface area (Å²) in [5.74, 6) is -0.920. The van der Waals surface area contributed by atoms with E-state index in [1.165, 1.54) is 35.0 Å². The van der Waals surface area contributed by atoms with Crippen molar-refractivity contribution >= 4 is 35.5 Å². The van der Waals surface area contributed by atoms with Crippen molar-refractivity contribution in [1.29, 1.82) is 0 Å². The van der Waals surface area contributed by atoms with Crippen LogP contribution in [0.1, 0.15) is 5.56 Å². The van der Waals surface area contributed by atoms with Gasteiger partial charge in [0.2, 0.25) is 0 Å². The highest BCUT2D eigenvalue weighted by Crippen LogP contribution is 2.41. The Balaban J connectivity index is 1.68. The Labute approximate surface area is 129 Å². The van der Waals surface area contributed by atoms with Gasteiger partial charge in [-0.1, -0.05) is 0 Å². The molecule has 1 N–H and O–H groups in total. The predicted molar refractivity (Wildman–Crippen MR) is 79.0 cm³/mol. The van der Waals surface area contributed by atoms with Crippen molar-refractivity contribution in [1.82, 2.24) is 4.90 Å². The van der Waals surface area contributed by atoms with Crippen LogP contribution in [0.2, 0.25) is 0 Å². The quantitative estimate of drug-likeness (QED) is 0.379. The van der Waals surface area contributed by atoms with Crippen molar-refractivity contribution in [2.24, 2.45) is 4.99 Å². The third-order valence-corrected chi connectivity index (χ3v) is 4.92. The average Bonchev–Trinajstić information content (AvgIpc) is 2.88. The fourth-order valence-corrected chi connectivity index (χ4v) is 3.88. The molecule has 0 spiro atoms. The summed E-state index contributed by atoms with van der Waals surface area (Å²) < 4.78 is 0. The average molecular weight is 321 g/mol. The zero-order valence-corrected chi connectivity index (χ0v) is 12.0. The Hall–Kier alpha value is -2.42. The van der Waals surface area contributed by atoms with Gasteiger partial charge in [0.1, 0.15) is 11.4 Å². The number of β-lactam (4-membered cyclic amide) rings is 1. The Morgan fingerprint density at radius 1 is 1.45 bits per heavy atom. The van der Waals surface area contributed by atoms with Gasteiger partial charge in [0.15, 0.2) is 6.04 Å². The van der Waals surface area contributed by atoms with Crippen LogP contribution >= 0.6 is 11.8 Å². The van der Waals surface area contributed by atoms with Gasteiger partial charge in [-0.05, 0) is 17.7 Å². The van der Waals surface area contributed by atoms with Crippen LogP contribution in [0.4, 0.5) is 5.69 Å². The normalized spacial score (nSPS) is 26.8. The molecular weight excluding hydrogens is 310 g/mol. The first kappa shape index (κ1) is 14.5. The summed E-state index contributed by atoms with van der Waals surface area (Å²) in [5, 5.41) is 19.3. The van der Waals surface area contributed by atoms with E-state index in [1.54, 1.807) is 12.1 Å². The molecule has 1 aromatic carbocycles. The molecule has 2 saturated heterocycles. The van der Waals surface area contributed by atoms with Gasteiger partial charge in [-0.3, -0.25) is 19.9 Å². The summed E-state index contributed by atoms with van der Waals surface area (Å²) in [4.78, 5) is 38.6. The van der Waals surface area contributed by atoms with E-state index < -0.39 is 23.0 Å². The lowest BCUT2D eigenvalue weighted by atomic mass is 10.1. The minimum absolute atomic E-state index is 0.0151. The molecule has 1 amide bonds. The summed E-state index contributed by atoms with van der Waals surface area (Å²) >= 11 is 1.40. The first-order valence-corrected chi connectivity index (χ1v) is 7.48. The molecule has 1 aromatic rings. The maximum absolute atomic E-state index is 12.0. The lowest BCUT2D eigenvalue weighted by molar-refractivity contribution is -0.384. The Morgan fingerprint density at radius 2 is 2.14 bits per heavy atom. The molecule has 114 valence electrons. The maximum atomic E-state index is 12.0. The van der Waals surface area contributed by atoms with Crippen molar-refractivity contribution < 1.29 is 19.6 Å². The number of benzene rings is 1. The van der Waals surface area contributed by atoms with Gasteiger partial charge in [0.25, 0.3) is 11.6 Å². The van der Waals surface area contributed by atoms with E-state index in [2.05, 4.69) is 4.99 Å². The third-order valence-electron chi connectivity index (χ3n) is 3.59. The number of carboxylic acids is 1. The number of rotatable bonds is 4. The molecule has 22 heavy (non-hydrogen) atoms. The summed E-state index contributed by atoms with van der Waals surface area (Å²) in [6.07, 6.45) is 1.48. The number of hydrogen-bond donors (Lipinski definition) is 1. The highest BCUT2D eigenvalue weighted by atomic mass is 32.2. The van der Waals surface area contributed by atoms with Crippen LogP contribution in [0.5, 0.6) is 0 Å². The number of amides is 1. The van der Waals surface area contributed by atoms with E-state index in [9.17, 15) is 19.7 Å². The van der Waals surface area contributed by atoms with Crippen LogP contribution in [0.3, 0.4) is 0 Å². The topological polar surface area (TPSA) is 113 Å². The smallest absolute Gasteiger partial charge is 0.327 e. The molecule has 9 heteroatoms. The highest BCUT2D eigenvalue weighted by molar-refractivity contribution is 8.00. The standard InChI is InChI=1S/C13H11N3O5S/c17-11-10(12-15(11)9(6-22-12)13(18)19)14-5-7-1-3-8(4-2-7)16(20)21/h1-5,9-10,12H,6H2,(H,18,19). The number of fused-ring (bicyclic) bond motifs is 1. The lowest BCUT2D eigenvalue weighted by Crippen LogP contribution is -2.63. The minimum Gasteiger partial charge on any atom is -0.480 e. The maximum Gasteiger partial charge on any atom is 0.327 e. The number of thioether (sulfide) groups is 1. The number of nitro benzene ring substituents is 1. The molecule has 2 fully saturated rings. The molecule has 0 saturated carbocycles. The van der Waals surface area contributed by atoms with E-state index in [-0.39, 0.29) is 17.0 Å². The first-order valence-electron chi connectivity index (χ1n) is 6.43. The molecule has 0 aliphatic carbocycles. The number of hydrogen-bond acceptors (Lipinski definition) is 6. The first-order chi connectivity index (χ1) is 10.5. The zero-order valence-electron chi connectivity index (χ0n) is 11.2. The van der Waals surface area contributed by atoms with Crippen molar-refractivity contribution in [3.63, 3.8) is 0 Å². The third kappa shape index (κ3) is 2.33. The largest absolute Gasteiger partial charge is 0.480 e. The molecule has 0 radical (unpaired) electrons. The van der Waals surface area contributed by atoms with E-state index in [4.69, 9.17) is 5.11 Å². The van der Waals surface area contributed by atoms with E-state index in [0.29, 0.717) is 11.3 Å². The summed E-state index contributed by atoms with van der Waals surface area (Å²) in [5.41, 5.74) is 0.633. The van der Waals surface area contributed by atoms with E-state index >= 15 is 0 Å². The second kappa shape index (κ2) is 5.41. The number of nitrogens with zero attached hydrogens (tertiary/aromatic N) is 3. The van der Waals surface area contributed by atoms with E-state index in [1.807, 2.05) is 0 Å². The Morgan fingerprint density at radius 3 is 2.73 bits per heavy atom. The monoisotopic (exact) mass is 321 g/mol. The number of carbonyl (C=O) groups excluding carboxylic acids is 1. The van der Waals surface area contributed by atoms with Crippen molar-refractivity contribution in [3.05, 3.63) is 39.9 Å². The molecule has 3 unspecified atom stereocenters. The molecule has 3 rings (SSSR count). The molecule has 0 bridgehead atoms. The van der Waals surface area contributed by atoms with Crippen LogP contribution in [-0.4, -0.2) is 56.2 Å². The van der Waals surface area contributed by atoms with Crippen LogP contribution < -0.4 is 0 Å². The van der Waals surface area contributed by atoms with Gasteiger partial charge in [-0.15, -0.1) is 11.8 Å². The Kier molecular flexibility index (Phi) is 3.57. The minimum atomic E-state index is -0.999. The number of aliphatic imine (C=N–C) groups is 1. The van der Waals surface area contributed by atoms with Crippen LogP contribution in [-0.2, 0) is 9.59 Å². The molecule has 0 aromatic heterocycles. The van der Waals surface area contributed by atoms with Gasteiger partial charge in [0, 0.05) is 24.1 Å². The number of non-ortho nitro benzene ring substituents is 1. The molecule has 8 nitrogen and oxygen atoms in total. The van der Waals surface area contributed by atoms with Crippen LogP contribution in [0.25, 0.3) is 0 Å². The molecule has 2 aliphatic heterocycles. The van der Waals surface area contributed by atoms with Gasteiger partial charge < -0.3 is 10.0 Å². The van der Waals surface area contributed by atoms with Gasteiger partial charge in [-0.25, -0.2) is 4.79 Å². The zero-order chi connectivity index (χ0) is 15.9. The van der Waals surface area contributed by atoms with E-state index in [0.717, 1.165) is 0 Å². The molecular formula is C13H11N3O5S. The predicted octanol–water partition coefficient (Wildman–Crippen LogP) is 0.751. The summed E-state index contributed by atoms with van der Waals surface area (Å²) in [6.45, 7) is 0. The van der Waals surface area contributed by atoms with Crippen molar-refractivity contribution in [3.8, 4) is 0 Å². The molecule has 3 atom stereocenters. The van der Waals surface area contributed by atoms with Gasteiger partial charge in [0.05, 0.1) is 4.92 Å². The van der Waals surface area contributed by atoms with Gasteiger partial charge in [-0.2, -0.15) is 0 Å². The van der Waals surface area contributed by atoms with Crippen LogP contribution in [0, 0.1) is 10.1 Å². The molecule has 2 heterocycles. The number of aliphatic carboxylic acids is 1. The van der Waals surface area contributed by atoms with Crippen molar-refractivity contribution in [2.45, 2.75) is 17.5 Å². The number of carboxylic acid groups (broad SMARTS) is 1.